The lowest BCUT2D eigenvalue weighted by molar-refractivity contribution is -0.144. The lowest BCUT2D eigenvalue weighted by Gasteiger charge is -2.37. The molecule has 3 N–H and O–H groups in total. The number of ether oxygens (including phenoxy) is 2. The van der Waals surface area contributed by atoms with Crippen molar-refractivity contribution in [3.63, 3.8) is 0 Å². The van der Waals surface area contributed by atoms with E-state index >= 15 is 0 Å². The van der Waals surface area contributed by atoms with Crippen molar-refractivity contribution in [2.75, 3.05) is 51.8 Å². The second-order valence-corrected chi connectivity index (χ2v) is 11.4. The quantitative estimate of drug-likeness (QED) is 0.279. The Morgan fingerprint density at radius 1 is 1.15 bits per heavy atom. The minimum absolute atomic E-state index is 0.0184. The van der Waals surface area contributed by atoms with Crippen molar-refractivity contribution < 1.29 is 24.2 Å². The molecule has 0 aliphatic carbocycles. The standard InChI is InChI=1S/C32H46N4O5/c1-24(40-2)23-36(19-7-6-12-27-14-13-25-9-8-18-33-29(25)34-27)20-15-28(30(37)38)35-31(39)32(16-21-41-22-17-32)26-10-4-3-5-11-26/h3-5,10-11,13-14,24,28H,6-9,12,15-23H2,1-2H3,(H,33,34)(H,35,39)(H,37,38). The maximum atomic E-state index is 13.7. The van der Waals surface area contributed by atoms with Crippen molar-refractivity contribution in [1.29, 1.82) is 0 Å². The van der Waals surface area contributed by atoms with Gasteiger partial charge in [-0.15, -0.1) is 0 Å². The van der Waals surface area contributed by atoms with Crippen LogP contribution in [0.2, 0.25) is 0 Å². The van der Waals surface area contributed by atoms with Crippen LogP contribution in [0.15, 0.2) is 42.5 Å². The number of unbranched alkanes of at least 4 members (excludes halogenated alkanes) is 1. The molecule has 224 valence electrons. The zero-order chi connectivity index (χ0) is 29.1. The van der Waals surface area contributed by atoms with E-state index in [4.69, 9.17) is 14.5 Å². The number of hydrogen-bond acceptors (Lipinski definition) is 7. The van der Waals surface area contributed by atoms with Gasteiger partial charge >= 0.3 is 5.97 Å². The van der Waals surface area contributed by atoms with E-state index in [0.29, 0.717) is 45.6 Å². The van der Waals surface area contributed by atoms with Gasteiger partial charge in [-0.05, 0) is 82.0 Å². The number of pyridine rings is 1. The number of fused-ring (bicyclic) bond motifs is 1. The Morgan fingerprint density at radius 3 is 2.66 bits per heavy atom. The number of methoxy groups -OCH3 is 1. The molecule has 3 heterocycles. The van der Waals surface area contributed by atoms with Crippen LogP contribution >= 0.6 is 0 Å². The van der Waals surface area contributed by atoms with E-state index in [1.165, 1.54) is 5.56 Å². The van der Waals surface area contributed by atoms with Gasteiger partial charge in [-0.25, -0.2) is 9.78 Å². The van der Waals surface area contributed by atoms with Crippen molar-refractivity contribution in [3.05, 3.63) is 59.3 Å². The predicted octanol–water partition coefficient (Wildman–Crippen LogP) is 3.81. The van der Waals surface area contributed by atoms with Crippen LogP contribution in [0, 0.1) is 0 Å². The Bertz CT molecular complexity index is 1120. The number of rotatable bonds is 15. The van der Waals surface area contributed by atoms with Gasteiger partial charge in [0.25, 0.3) is 0 Å². The molecule has 41 heavy (non-hydrogen) atoms. The van der Waals surface area contributed by atoms with Crippen LogP contribution < -0.4 is 10.6 Å². The predicted molar refractivity (Wildman–Crippen MR) is 159 cm³/mol. The molecule has 1 saturated heterocycles. The summed E-state index contributed by atoms with van der Waals surface area (Å²) >= 11 is 0. The number of nitrogens with one attached hydrogen (secondary N) is 2. The van der Waals surface area contributed by atoms with Crippen LogP contribution in [-0.4, -0.2) is 85.5 Å². The molecule has 4 rings (SSSR count). The molecule has 0 spiro atoms. The number of hydrogen-bond donors (Lipinski definition) is 3. The Balaban J connectivity index is 1.33. The van der Waals surface area contributed by atoms with Gasteiger partial charge in [0.1, 0.15) is 11.9 Å². The van der Waals surface area contributed by atoms with Crippen molar-refractivity contribution in [3.8, 4) is 0 Å². The molecular weight excluding hydrogens is 520 g/mol. The van der Waals surface area contributed by atoms with E-state index in [0.717, 1.165) is 62.3 Å². The summed E-state index contributed by atoms with van der Waals surface area (Å²) < 4.78 is 11.1. The molecule has 1 aromatic heterocycles. The fourth-order valence-corrected chi connectivity index (χ4v) is 5.87. The topological polar surface area (TPSA) is 113 Å². The van der Waals surface area contributed by atoms with Gasteiger partial charge in [0.2, 0.25) is 5.91 Å². The molecule has 2 aliphatic heterocycles. The molecule has 2 atom stereocenters. The van der Waals surface area contributed by atoms with Crippen molar-refractivity contribution in [1.82, 2.24) is 15.2 Å². The summed E-state index contributed by atoms with van der Waals surface area (Å²) in [5.41, 5.74) is 2.53. The molecule has 1 fully saturated rings. The van der Waals surface area contributed by atoms with Gasteiger partial charge < -0.3 is 30.1 Å². The van der Waals surface area contributed by atoms with Gasteiger partial charge in [0.05, 0.1) is 11.5 Å². The molecule has 0 saturated carbocycles. The van der Waals surface area contributed by atoms with E-state index in [1.807, 2.05) is 37.3 Å². The Kier molecular flexibility index (Phi) is 11.5. The lowest BCUT2D eigenvalue weighted by Crippen LogP contribution is -2.53. The molecule has 1 aromatic carbocycles. The molecule has 0 bridgehead atoms. The minimum atomic E-state index is -1.01. The third kappa shape index (κ3) is 8.50. The zero-order valence-electron chi connectivity index (χ0n) is 24.6. The second kappa shape index (κ2) is 15.3. The SMILES string of the molecule is COC(C)CN(CCCCc1ccc2c(n1)NCCC2)CCC(NC(=O)C1(c2ccccc2)CCOCC1)C(=O)O. The van der Waals surface area contributed by atoms with Gasteiger partial charge in [0, 0.05) is 45.7 Å². The maximum absolute atomic E-state index is 13.7. The van der Waals surface area contributed by atoms with Crippen molar-refractivity contribution >= 4 is 17.7 Å². The first-order valence-electron chi connectivity index (χ1n) is 15.1. The molecule has 9 nitrogen and oxygen atoms in total. The Hall–Kier alpha value is -3.01. The molecule has 2 aliphatic rings. The summed E-state index contributed by atoms with van der Waals surface area (Å²) in [6.45, 7) is 6.01. The van der Waals surface area contributed by atoms with E-state index in [9.17, 15) is 14.7 Å². The molecule has 9 heteroatoms. The highest BCUT2D eigenvalue weighted by Crippen LogP contribution is 2.35. The summed E-state index contributed by atoms with van der Waals surface area (Å²) in [5.74, 6) is -0.218. The van der Waals surface area contributed by atoms with E-state index < -0.39 is 17.4 Å². The first-order valence-corrected chi connectivity index (χ1v) is 15.1. The van der Waals surface area contributed by atoms with Gasteiger partial charge in [-0.1, -0.05) is 36.4 Å². The number of aryl methyl sites for hydroxylation is 2. The highest BCUT2D eigenvalue weighted by atomic mass is 16.5. The zero-order valence-corrected chi connectivity index (χ0v) is 24.6. The van der Waals surface area contributed by atoms with E-state index in [2.05, 4.69) is 27.7 Å². The highest BCUT2D eigenvalue weighted by molar-refractivity contribution is 5.91. The highest BCUT2D eigenvalue weighted by Gasteiger charge is 2.43. The number of aromatic nitrogens is 1. The van der Waals surface area contributed by atoms with Gasteiger partial charge in [0.15, 0.2) is 0 Å². The second-order valence-electron chi connectivity index (χ2n) is 11.4. The van der Waals surface area contributed by atoms with E-state index in [-0.39, 0.29) is 12.0 Å². The van der Waals surface area contributed by atoms with E-state index in [1.54, 1.807) is 7.11 Å². The summed E-state index contributed by atoms with van der Waals surface area (Å²) in [6, 6.07) is 13.0. The van der Waals surface area contributed by atoms with Gasteiger partial charge in [-0.2, -0.15) is 0 Å². The number of aliphatic carboxylic acids is 1. The number of nitrogens with zero attached hydrogens (tertiary/aromatic N) is 2. The van der Waals surface area contributed by atoms with Crippen molar-refractivity contribution in [2.24, 2.45) is 0 Å². The number of carbonyl (C=O) groups is 2. The fourth-order valence-electron chi connectivity index (χ4n) is 5.87. The fraction of sp³-hybridized carbons (Fsp3) is 0.594. The lowest BCUT2D eigenvalue weighted by atomic mass is 9.73. The first-order chi connectivity index (χ1) is 19.9. The van der Waals surface area contributed by atoms with Crippen molar-refractivity contribution in [2.45, 2.75) is 75.9 Å². The largest absolute Gasteiger partial charge is 0.480 e. The normalized spacial score (nSPS) is 17.7. The van der Waals surface area contributed by atoms with Crippen LogP contribution in [0.5, 0.6) is 0 Å². The smallest absolute Gasteiger partial charge is 0.326 e. The number of carboxylic acid groups (broad SMARTS) is 1. The number of benzene rings is 1. The average molecular weight is 567 g/mol. The van der Waals surface area contributed by atoms with Crippen LogP contribution in [-0.2, 0) is 37.3 Å². The average Bonchev–Trinajstić information content (AvgIpc) is 3.01. The summed E-state index contributed by atoms with van der Waals surface area (Å²) in [4.78, 5) is 33.0. The summed E-state index contributed by atoms with van der Waals surface area (Å²) in [7, 11) is 1.69. The third-order valence-electron chi connectivity index (χ3n) is 8.47. The van der Waals surface area contributed by atoms with Gasteiger partial charge in [-0.3, -0.25) is 4.79 Å². The Morgan fingerprint density at radius 2 is 1.93 bits per heavy atom. The minimum Gasteiger partial charge on any atom is -0.480 e. The molecule has 1 amide bonds. The molecular formula is C32H46N4O5. The third-order valence-corrected chi connectivity index (χ3v) is 8.47. The first kappa shape index (κ1) is 30.9. The molecule has 0 radical (unpaired) electrons. The molecule has 2 unspecified atom stereocenters. The summed E-state index contributed by atoms with van der Waals surface area (Å²) in [6.07, 6.45) is 6.49. The molecule has 2 aromatic rings. The summed E-state index contributed by atoms with van der Waals surface area (Å²) in [5, 5.41) is 16.3. The number of carboxylic acids is 1. The number of carbonyl (C=O) groups excluding carboxylic acids is 1. The number of amides is 1. The Labute approximate surface area is 244 Å². The van der Waals surface area contributed by atoms with Crippen LogP contribution in [0.1, 0.15) is 62.3 Å². The number of anilines is 1. The van der Waals surface area contributed by atoms with Crippen LogP contribution in [0.3, 0.4) is 0 Å². The van der Waals surface area contributed by atoms with Crippen LogP contribution in [0.4, 0.5) is 5.82 Å². The van der Waals surface area contributed by atoms with Crippen LogP contribution in [0.25, 0.3) is 0 Å². The maximum Gasteiger partial charge on any atom is 0.326 e. The monoisotopic (exact) mass is 566 g/mol.